The summed E-state index contributed by atoms with van der Waals surface area (Å²) in [5.41, 5.74) is 7.31. The molecule has 1 unspecified atom stereocenters. The summed E-state index contributed by atoms with van der Waals surface area (Å²) in [5.74, 6) is 0.816. The zero-order chi connectivity index (χ0) is 9.26. The Labute approximate surface area is 78.9 Å². The van der Waals surface area contributed by atoms with Gasteiger partial charge in [-0.15, -0.1) is 0 Å². The van der Waals surface area contributed by atoms with Crippen molar-refractivity contribution in [1.29, 1.82) is 0 Å². The van der Waals surface area contributed by atoms with Crippen molar-refractivity contribution in [2.75, 3.05) is 0 Å². The van der Waals surface area contributed by atoms with Crippen molar-refractivity contribution in [3.8, 4) is 0 Å². The Bertz CT molecular complexity index is 275. The van der Waals surface area contributed by atoms with E-state index in [4.69, 9.17) is 5.73 Å². The number of hydrogen-bond acceptors (Lipinski definition) is 2. The molecule has 1 aromatic heterocycles. The van der Waals surface area contributed by atoms with E-state index < -0.39 is 0 Å². The van der Waals surface area contributed by atoms with Crippen molar-refractivity contribution >= 4 is 0 Å². The van der Waals surface area contributed by atoms with Gasteiger partial charge in [-0.05, 0) is 37.2 Å². The number of hydrogen-bond donors (Lipinski definition) is 1. The maximum Gasteiger partial charge on any atom is 0.0521 e. The molecule has 1 aliphatic carbocycles. The molecule has 0 spiro atoms. The van der Waals surface area contributed by atoms with Gasteiger partial charge in [0.25, 0.3) is 0 Å². The summed E-state index contributed by atoms with van der Waals surface area (Å²) in [5, 5.41) is 4.13. The van der Waals surface area contributed by atoms with Crippen LogP contribution in [0.1, 0.15) is 24.8 Å². The molecule has 72 valence electrons. The van der Waals surface area contributed by atoms with Gasteiger partial charge in [0, 0.05) is 19.3 Å². The molecular weight excluding hydrogens is 162 g/mol. The van der Waals surface area contributed by atoms with Gasteiger partial charge in [-0.1, -0.05) is 0 Å². The first-order valence-electron chi connectivity index (χ1n) is 4.99. The third-order valence-electron chi connectivity index (χ3n) is 2.75. The fraction of sp³-hybridized carbons (Fsp3) is 0.700. The van der Waals surface area contributed by atoms with Crippen molar-refractivity contribution in [1.82, 2.24) is 9.78 Å². The molecule has 2 rings (SSSR count). The summed E-state index contributed by atoms with van der Waals surface area (Å²) in [4.78, 5) is 0. The van der Waals surface area contributed by atoms with E-state index >= 15 is 0 Å². The van der Waals surface area contributed by atoms with Crippen LogP contribution in [0.5, 0.6) is 0 Å². The van der Waals surface area contributed by atoms with E-state index in [-0.39, 0.29) is 0 Å². The molecule has 0 radical (unpaired) electrons. The first kappa shape index (κ1) is 8.75. The van der Waals surface area contributed by atoms with Gasteiger partial charge in [0.05, 0.1) is 6.20 Å². The second kappa shape index (κ2) is 3.50. The van der Waals surface area contributed by atoms with E-state index in [1.165, 1.54) is 18.4 Å². The minimum absolute atomic E-state index is 0.417. The SMILES string of the molecule is Cn1cc(CCC(N)C2CC2)cn1. The summed E-state index contributed by atoms with van der Waals surface area (Å²) >= 11 is 0. The molecule has 13 heavy (non-hydrogen) atoms. The molecule has 0 bridgehead atoms. The van der Waals surface area contributed by atoms with Crippen LogP contribution in [0.25, 0.3) is 0 Å². The highest BCUT2D eigenvalue weighted by molar-refractivity contribution is 5.04. The molecule has 1 aliphatic rings. The third kappa shape index (κ3) is 2.31. The molecule has 3 heteroatoms. The predicted octanol–water partition coefficient (Wildman–Crippen LogP) is 1.09. The lowest BCUT2D eigenvalue weighted by molar-refractivity contribution is 0.550. The molecule has 3 nitrogen and oxygen atoms in total. The zero-order valence-corrected chi connectivity index (χ0v) is 8.11. The quantitative estimate of drug-likeness (QED) is 0.752. The Hall–Kier alpha value is -0.830. The van der Waals surface area contributed by atoms with Crippen molar-refractivity contribution in [2.45, 2.75) is 31.7 Å². The third-order valence-corrected chi connectivity index (χ3v) is 2.75. The molecule has 2 N–H and O–H groups in total. The lowest BCUT2D eigenvalue weighted by Crippen LogP contribution is -2.22. The molecule has 0 saturated heterocycles. The Morgan fingerprint density at radius 2 is 2.46 bits per heavy atom. The van der Waals surface area contributed by atoms with Gasteiger partial charge in [-0.25, -0.2) is 0 Å². The van der Waals surface area contributed by atoms with Crippen LogP contribution in [0.15, 0.2) is 12.4 Å². The number of nitrogens with two attached hydrogens (primary N) is 1. The number of rotatable bonds is 4. The zero-order valence-electron chi connectivity index (χ0n) is 8.11. The lowest BCUT2D eigenvalue weighted by Gasteiger charge is -2.07. The van der Waals surface area contributed by atoms with Crippen LogP contribution in [0, 0.1) is 5.92 Å². The molecule has 1 atom stereocenters. The van der Waals surface area contributed by atoms with Crippen LogP contribution in [0.3, 0.4) is 0 Å². The molecule has 0 aliphatic heterocycles. The minimum atomic E-state index is 0.417. The molecular formula is C10H17N3. The summed E-state index contributed by atoms with van der Waals surface area (Å²) in [7, 11) is 1.95. The Morgan fingerprint density at radius 1 is 1.69 bits per heavy atom. The average Bonchev–Trinajstić information content (AvgIpc) is 2.87. The van der Waals surface area contributed by atoms with E-state index in [2.05, 4.69) is 11.3 Å². The standard InChI is InChI=1S/C10H17N3/c1-13-7-8(6-12-13)2-5-10(11)9-3-4-9/h6-7,9-10H,2-5,11H2,1H3. The van der Waals surface area contributed by atoms with E-state index in [0.717, 1.165) is 18.8 Å². The highest BCUT2D eigenvalue weighted by atomic mass is 15.2. The normalized spacial score (nSPS) is 18.9. The Kier molecular flexibility index (Phi) is 2.36. The van der Waals surface area contributed by atoms with Gasteiger partial charge in [0.1, 0.15) is 0 Å². The number of aryl methyl sites for hydroxylation is 2. The summed E-state index contributed by atoms with van der Waals surface area (Å²) in [6.45, 7) is 0. The molecule has 1 heterocycles. The fourth-order valence-corrected chi connectivity index (χ4v) is 1.69. The van der Waals surface area contributed by atoms with Crippen molar-refractivity contribution < 1.29 is 0 Å². The van der Waals surface area contributed by atoms with Crippen molar-refractivity contribution in [3.63, 3.8) is 0 Å². The smallest absolute Gasteiger partial charge is 0.0521 e. The van der Waals surface area contributed by atoms with E-state index in [1.54, 1.807) is 0 Å². The second-order valence-electron chi connectivity index (χ2n) is 4.06. The van der Waals surface area contributed by atoms with Gasteiger partial charge in [-0.3, -0.25) is 4.68 Å². The van der Waals surface area contributed by atoms with Crippen LogP contribution in [-0.4, -0.2) is 15.8 Å². The van der Waals surface area contributed by atoms with Gasteiger partial charge in [0.15, 0.2) is 0 Å². The maximum atomic E-state index is 6.01. The first-order chi connectivity index (χ1) is 6.25. The largest absolute Gasteiger partial charge is 0.327 e. The van der Waals surface area contributed by atoms with Crippen molar-refractivity contribution in [3.05, 3.63) is 18.0 Å². The lowest BCUT2D eigenvalue weighted by atomic mass is 10.1. The van der Waals surface area contributed by atoms with Gasteiger partial charge in [0.2, 0.25) is 0 Å². The van der Waals surface area contributed by atoms with Crippen LogP contribution >= 0.6 is 0 Å². The highest BCUT2D eigenvalue weighted by Crippen LogP contribution is 2.33. The highest BCUT2D eigenvalue weighted by Gasteiger charge is 2.27. The average molecular weight is 179 g/mol. The van der Waals surface area contributed by atoms with E-state index in [1.807, 2.05) is 17.9 Å². The fourth-order valence-electron chi connectivity index (χ4n) is 1.69. The van der Waals surface area contributed by atoms with Crippen molar-refractivity contribution in [2.24, 2.45) is 18.7 Å². The molecule has 1 fully saturated rings. The van der Waals surface area contributed by atoms with E-state index in [9.17, 15) is 0 Å². The van der Waals surface area contributed by atoms with Crippen LogP contribution in [0.4, 0.5) is 0 Å². The monoisotopic (exact) mass is 179 g/mol. The predicted molar refractivity (Wildman–Crippen MR) is 52.2 cm³/mol. The Morgan fingerprint density at radius 3 is 3.00 bits per heavy atom. The van der Waals surface area contributed by atoms with Gasteiger partial charge in [-0.2, -0.15) is 5.10 Å². The molecule has 1 aromatic rings. The molecule has 0 amide bonds. The van der Waals surface area contributed by atoms with Gasteiger partial charge < -0.3 is 5.73 Å². The van der Waals surface area contributed by atoms with E-state index in [0.29, 0.717) is 6.04 Å². The molecule has 0 aromatic carbocycles. The summed E-state index contributed by atoms with van der Waals surface area (Å²) in [6, 6.07) is 0.417. The van der Waals surface area contributed by atoms with Crippen LogP contribution in [0.2, 0.25) is 0 Å². The van der Waals surface area contributed by atoms with Crippen LogP contribution < -0.4 is 5.73 Å². The maximum absolute atomic E-state index is 6.01. The summed E-state index contributed by atoms with van der Waals surface area (Å²) in [6.07, 6.45) is 8.86. The van der Waals surface area contributed by atoms with Gasteiger partial charge >= 0.3 is 0 Å². The second-order valence-corrected chi connectivity index (χ2v) is 4.06. The summed E-state index contributed by atoms with van der Waals surface area (Å²) < 4.78 is 1.85. The minimum Gasteiger partial charge on any atom is -0.327 e. The topological polar surface area (TPSA) is 43.8 Å². The first-order valence-corrected chi connectivity index (χ1v) is 4.99. The Balaban J connectivity index is 1.78. The number of nitrogens with zero attached hydrogens (tertiary/aromatic N) is 2. The molecule has 1 saturated carbocycles. The number of aromatic nitrogens is 2. The van der Waals surface area contributed by atoms with Crippen LogP contribution in [-0.2, 0) is 13.5 Å².